The molecule has 156 valence electrons. The summed E-state index contributed by atoms with van der Waals surface area (Å²) in [6.45, 7) is 2.98. The Morgan fingerprint density at radius 2 is 1.97 bits per heavy atom. The Balaban J connectivity index is 1.47. The average Bonchev–Trinajstić information content (AvgIpc) is 3.44. The molecule has 1 fully saturated rings. The minimum absolute atomic E-state index is 0.0125. The van der Waals surface area contributed by atoms with Crippen LogP contribution in [-0.4, -0.2) is 40.8 Å². The number of fused-ring (bicyclic) bond motifs is 1. The van der Waals surface area contributed by atoms with Crippen molar-refractivity contribution in [1.29, 1.82) is 0 Å². The molecule has 0 unspecified atom stereocenters. The SMILES string of the molecule is NCC1CCN([C@@H]2Cc3ccccc3[C@H]2Oc2ccc(Br)cc2-c2ccn[nH]2)CC1. The van der Waals surface area contributed by atoms with Crippen molar-refractivity contribution >= 4 is 15.9 Å². The number of hydrogen-bond donors (Lipinski definition) is 2. The molecule has 2 aliphatic rings. The lowest BCUT2D eigenvalue weighted by Gasteiger charge is -2.38. The van der Waals surface area contributed by atoms with Crippen LogP contribution in [-0.2, 0) is 6.42 Å². The highest BCUT2D eigenvalue weighted by Crippen LogP contribution is 2.42. The number of rotatable bonds is 5. The van der Waals surface area contributed by atoms with Crippen LogP contribution < -0.4 is 10.5 Å². The highest BCUT2D eigenvalue weighted by atomic mass is 79.9. The van der Waals surface area contributed by atoms with Crippen LogP contribution in [0.1, 0.15) is 30.1 Å². The molecule has 1 aliphatic heterocycles. The van der Waals surface area contributed by atoms with Crippen LogP contribution in [0.15, 0.2) is 59.2 Å². The van der Waals surface area contributed by atoms with E-state index in [2.05, 4.69) is 67.4 Å². The van der Waals surface area contributed by atoms with E-state index in [1.54, 1.807) is 6.20 Å². The minimum atomic E-state index is 0.0125. The van der Waals surface area contributed by atoms with Crippen molar-refractivity contribution in [3.05, 3.63) is 70.3 Å². The fraction of sp³-hybridized carbons (Fsp3) is 0.375. The Hall–Kier alpha value is -2.15. The molecule has 2 aromatic carbocycles. The average molecular weight is 467 g/mol. The molecule has 2 heterocycles. The van der Waals surface area contributed by atoms with Gasteiger partial charge in [-0.1, -0.05) is 40.2 Å². The summed E-state index contributed by atoms with van der Waals surface area (Å²) in [5.74, 6) is 1.54. The van der Waals surface area contributed by atoms with Crippen molar-refractivity contribution in [3.63, 3.8) is 0 Å². The van der Waals surface area contributed by atoms with E-state index in [0.717, 1.165) is 47.5 Å². The lowest BCUT2D eigenvalue weighted by Crippen LogP contribution is -2.45. The van der Waals surface area contributed by atoms with Gasteiger partial charge in [0.15, 0.2) is 0 Å². The molecule has 0 amide bonds. The van der Waals surface area contributed by atoms with E-state index < -0.39 is 0 Å². The zero-order chi connectivity index (χ0) is 20.5. The Morgan fingerprint density at radius 3 is 2.73 bits per heavy atom. The van der Waals surface area contributed by atoms with Gasteiger partial charge >= 0.3 is 0 Å². The predicted octanol–water partition coefficient (Wildman–Crippen LogP) is 4.55. The van der Waals surface area contributed by atoms with Crippen LogP contribution in [0.25, 0.3) is 11.3 Å². The Morgan fingerprint density at radius 1 is 1.13 bits per heavy atom. The van der Waals surface area contributed by atoms with Gasteiger partial charge in [0, 0.05) is 16.2 Å². The van der Waals surface area contributed by atoms with Gasteiger partial charge < -0.3 is 10.5 Å². The molecule has 1 aromatic heterocycles. The van der Waals surface area contributed by atoms with Crippen LogP contribution in [0.4, 0.5) is 0 Å². The second-order valence-corrected chi connectivity index (χ2v) is 9.25. The second-order valence-electron chi connectivity index (χ2n) is 8.33. The second kappa shape index (κ2) is 8.53. The number of nitrogens with one attached hydrogen (secondary N) is 1. The van der Waals surface area contributed by atoms with Crippen LogP contribution in [0.3, 0.4) is 0 Å². The molecule has 2 atom stereocenters. The number of halogens is 1. The maximum Gasteiger partial charge on any atom is 0.140 e. The van der Waals surface area contributed by atoms with E-state index in [1.807, 2.05) is 12.1 Å². The molecular weight excluding hydrogens is 440 g/mol. The van der Waals surface area contributed by atoms with Gasteiger partial charge in [-0.25, -0.2) is 0 Å². The number of H-pyrrole nitrogens is 1. The van der Waals surface area contributed by atoms with Gasteiger partial charge in [0.25, 0.3) is 0 Å². The number of nitrogens with two attached hydrogens (primary N) is 1. The van der Waals surface area contributed by atoms with Crippen LogP contribution >= 0.6 is 15.9 Å². The summed E-state index contributed by atoms with van der Waals surface area (Å²) >= 11 is 3.60. The molecule has 0 radical (unpaired) electrons. The maximum atomic E-state index is 6.80. The van der Waals surface area contributed by atoms with Crippen molar-refractivity contribution < 1.29 is 4.74 Å². The van der Waals surface area contributed by atoms with E-state index in [-0.39, 0.29) is 6.10 Å². The number of piperidine rings is 1. The summed E-state index contributed by atoms with van der Waals surface area (Å²) in [5, 5.41) is 7.20. The number of nitrogens with zero attached hydrogens (tertiary/aromatic N) is 2. The summed E-state index contributed by atoms with van der Waals surface area (Å²) in [4.78, 5) is 2.62. The number of likely N-dealkylation sites (tertiary alicyclic amines) is 1. The van der Waals surface area contributed by atoms with Crippen molar-refractivity contribution in [2.75, 3.05) is 19.6 Å². The highest BCUT2D eigenvalue weighted by Gasteiger charge is 2.39. The summed E-state index contributed by atoms with van der Waals surface area (Å²) < 4.78 is 7.82. The van der Waals surface area contributed by atoms with Gasteiger partial charge in [-0.2, -0.15) is 5.10 Å². The number of aromatic nitrogens is 2. The first-order valence-corrected chi connectivity index (χ1v) is 11.5. The van der Waals surface area contributed by atoms with E-state index in [0.29, 0.717) is 12.0 Å². The third-order valence-electron chi connectivity index (χ3n) is 6.58. The number of aromatic amines is 1. The third kappa shape index (κ3) is 3.80. The van der Waals surface area contributed by atoms with Gasteiger partial charge in [-0.15, -0.1) is 0 Å². The van der Waals surface area contributed by atoms with Crippen molar-refractivity contribution in [3.8, 4) is 17.0 Å². The summed E-state index contributed by atoms with van der Waals surface area (Å²) in [6.07, 6.45) is 5.17. The molecule has 1 aliphatic carbocycles. The first kappa shape index (κ1) is 19.8. The van der Waals surface area contributed by atoms with Gasteiger partial charge in [-0.3, -0.25) is 10.00 Å². The molecule has 30 heavy (non-hydrogen) atoms. The highest BCUT2D eigenvalue weighted by molar-refractivity contribution is 9.10. The first-order chi connectivity index (χ1) is 14.7. The molecule has 0 bridgehead atoms. The van der Waals surface area contributed by atoms with Crippen LogP contribution in [0, 0.1) is 5.92 Å². The Kier molecular flexibility index (Phi) is 5.63. The summed E-state index contributed by atoms with van der Waals surface area (Å²) in [5.41, 5.74) is 10.6. The van der Waals surface area contributed by atoms with E-state index >= 15 is 0 Å². The Bertz CT molecular complexity index is 998. The summed E-state index contributed by atoms with van der Waals surface area (Å²) in [7, 11) is 0. The minimum Gasteiger partial charge on any atom is -0.483 e. The molecule has 6 heteroatoms. The maximum absolute atomic E-state index is 6.80. The topological polar surface area (TPSA) is 67.2 Å². The largest absolute Gasteiger partial charge is 0.483 e. The zero-order valence-corrected chi connectivity index (χ0v) is 18.5. The van der Waals surface area contributed by atoms with Gasteiger partial charge in [0.05, 0.1) is 11.7 Å². The normalized spacial score (nSPS) is 22.2. The van der Waals surface area contributed by atoms with Crippen molar-refractivity contribution in [2.24, 2.45) is 11.7 Å². The Labute approximate surface area is 185 Å². The fourth-order valence-electron chi connectivity index (χ4n) is 4.88. The molecule has 5 nitrogen and oxygen atoms in total. The molecular formula is C24H27BrN4O. The molecule has 0 spiro atoms. The summed E-state index contributed by atoms with van der Waals surface area (Å²) in [6, 6.07) is 17.2. The number of ether oxygens (including phenoxy) is 1. The standard InChI is InChI=1S/C24H27BrN4O/c25-18-5-6-23(20(14-18)21-7-10-27-28-21)30-24-19-4-2-1-3-17(19)13-22(24)29-11-8-16(15-26)9-12-29/h1-7,10,14,16,22,24H,8-9,11-13,15,26H2,(H,27,28)/t22-,24-/m1/s1. The van der Waals surface area contributed by atoms with Gasteiger partial charge in [0.2, 0.25) is 0 Å². The van der Waals surface area contributed by atoms with Crippen molar-refractivity contribution in [1.82, 2.24) is 15.1 Å². The molecule has 5 rings (SSSR count). The molecule has 1 saturated heterocycles. The van der Waals surface area contributed by atoms with Crippen molar-refractivity contribution in [2.45, 2.75) is 31.4 Å². The van der Waals surface area contributed by atoms with E-state index in [9.17, 15) is 0 Å². The molecule has 3 aromatic rings. The van der Waals surface area contributed by atoms with Gasteiger partial charge in [0.1, 0.15) is 11.9 Å². The third-order valence-corrected chi connectivity index (χ3v) is 7.07. The van der Waals surface area contributed by atoms with Crippen LogP contribution in [0.5, 0.6) is 5.75 Å². The first-order valence-electron chi connectivity index (χ1n) is 10.7. The zero-order valence-electron chi connectivity index (χ0n) is 16.9. The van der Waals surface area contributed by atoms with Crippen LogP contribution in [0.2, 0.25) is 0 Å². The monoisotopic (exact) mass is 466 g/mol. The molecule has 3 N–H and O–H groups in total. The fourth-order valence-corrected chi connectivity index (χ4v) is 5.24. The lowest BCUT2D eigenvalue weighted by molar-refractivity contribution is 0.0541. The van der Waals surface area contributed by atoms with E-state index in [1.165, 1.54) is 24.0 Å². The smallest absolute Gasteiger partial charge is 0.140 e. The number of benzene rings is 2. The van der Waals surface area contributed by atoms with Gasteiger partial charge in [-0.05, 0) is 80.2 Å². The van der Waals surface area contributed by atoms with E-state index in [4.69, 9.17) is 10.5 Å². The molecule has 0 saturated carbocycles. The lowest BCUT2D eigenvalue weighted by atomic mass is 9.95. The predicted molar refractivity (Wildman–Crippen MR) is 122 cm³/mol. The quantitative estimate of drug-likeness (QED) is 0.578. The number of hydrogen-bond acceptors (Lipinski definition) is 4.